The summed E-state index contributed by atoms with van der Waals surface area (Å²) in [6, 6.07) is 3.53. The van der Waals surface area contributed by atoms with Crippen LogP contribution in [0.4, 0.5) is 13.6 Å². The van der Waals surface area contributed by atoms with Gasteiger partial charge in [-0.3, -0.25) is 0 Å². The van der Waals surface area contributed by atoms with Gasteiger partial charge in [0.15, 0.2) is 11.6 Å². The van der Waals surface area contributed by atoms with E-state index in [9.17, 15) is 18.7 Å². The van der Waals surface area contributed by atoms with Crippen molar-refractivity contribution in [3.05, 3.63) is 53.1 Å². The first-order chi connectivity index (χ1) is 12.4. The Kier molecular flexibility index (Phi) is 3.95. The molecule has 1 aliphatic carbocycles. The van der Waals surface area contributed by atoms with Gasteiger partial charge in [0, 0.05) is 12.5 Å². The van der Waals surface area contributed by atoms with Crippen molar-refractivity contribution in [1.29, 1.82) is 0 Å². The molecule has 0 saturated heterocycles. The van der Waals surface area contributed by atoms with E-state index in [0.717, 1.165) is 6.07 Å². The Morgan fingerprint density at radius 2 is 2.08 bits per heavy atom. The van der Waals surface area contributed by atoms with E-state index in [0.29, 0.717) is 43.7 Å². The highest BCUT2D eigenvalue weighted by Gasteiger charge is 2.46. The second kappa shape index (κ2) is 6.05. The van der Waals surface area contributed by atoms with Crippen LogP contribution in [0.5, 0.6) is 0 Å². The fourth-order valence-corrected chi connectivity index (χ4v) is 3.79. The van der Waals surface area contributed by atoms with E-state index in [-0.39, 0.29) is 11.5 Å². The van der Waals surface area contributed by atoms with Crippen molar-refractivity contribution in [2.75, 3.05) is 0 Å². The zero-order valence-electron chi connectivity index (χ0n) is 14.0. The average molecular weight is 363 g/mol. The number of amides is 1. The maximum Gasteiger partial charge on any atom is 0.405 e. The number of imidazole rings is 1. The quantitative estimate of drug-likeness (QED) is 0.782. The molecular weight excluding hydrogens is 344 g/mol. The van der Waals surface area contributed by atoms with Crippen LogP contribution >= 0.6 is 0 Å². The van der Waals surface area contributed by atoms with Gasteiger partial charge in [-0.1, -0.05) is 12.1 Å². The number of nitrogens with one attached hydrogen (secondary N) is 1. The van der Waals surface area contributed by atoms with Crippen LogP contribution in [0.2, 0.25) is 0 Å². The number of fused-ring (bicyclic) bond motifs is 1. The van der Waals surface area contributed by atoms with Gasteiger partial charge in [-0.2, -0.15) is 0 Å². The highest BCUT2D eigenvalue weighted by molar-refractivity contribution is 5.65. The summed E-state index contributed by atoms with van der Waals surface area (Å²) < 4.78 is 29.8. The molecular formula is C18H19F2N3O3. The zero-order chi connectivity index (χ0) is 18.5. The number of hydrogen-bond acceptors (Lipinski definition) is 3. The van der Waals surface area contributed by atoms with Gasteiger partial charge in [0.25, 0.3) is 0 Å². The number of aromatic nitrogens is 2. The molecule has 6 nitrogen and oxygen atoms in total. The number of carbonyl (C=O) groups is 1. The van der Waals surface area contributed by atoms with Crippen molar-refractivity contribution in [3.63, 3.8) is 0 Å². The lowest BCUT2D eigenvalue weighted by Crippen LogP contribution is -2.28. The molecule has 1 aromatic carbocycles. The van der Waals surface area contributed by atoms with Crippen LogP contribution in [0.1, 0.15) is 54.7 Å². The molecule has 0 bridgehead atoms. The Morgan fingerprint density at radius 1 is 1.31 bits per heavy atom. The van der Waals surface area contributed by atoms with Gasteiger partial charge in [-0.05, 0) is 37.3 Å². The molecule has 1 fully saturated rings. The average Bonchev–Trinajstić information content (AvgIpc) is 3.24. The Balaban J connectivity index is 1.76. The monoisotopic (exact) mass is 363 g/mol. The predicted octanol–water partition coefficient (Wildman–Crippen LogP) is 3.03. The molecule has 2 heterocycles. The van der Waals surface area contributed by atoms with Crippen LogP contribution in [0.15, 0.2) is 24.4 Å². The molecule has 2 aromatic rings. The summed E-state index contributed by atoms with van der Waals surface area (Å²) >= 11 is 0. The zero-order valence-corrected chi connectivity index (χ0v) is 14.0. The van der Waals surface area contributed by atoms with E-state index in [1.807, 2.05) is 0 Å². The minimum atomic E-state index is -1.17. The molecule has 2 atom stereocenters. The van der Waals surface area contributed by atoms with Gasteiger partial charge < -0.3 is 20.1 Å². The summed E-state index contributed by atoms with van der Waals surface area (Å²) in [6.07, 6.45) is 2.46. The lowest BCUT2D eigenvalue weighted by molar-refractivity contribution is 0.140. The van der Waals surface area contributed by atoms with Crippen LogP contribution in [0, 0.1) is 11.6 Å². The third-order valence-corrected chi connectivity index (χ3v) is 5.32. The number of hydrogen-bond donors (Lipinski definition) is 3. The lowest BCUT2D eigenvalue weighted by Gasteiger charge is -2.20. The number of carboxylic acid groups (broad SMARTS) is 1. The van der Waals surface area contributed by atoms with Gasteiger partial charge in [-0.15, -0.1) is 0 Å². The first kappa shape index (κ1) is 17.0. The van der Waals surface area contributed by atoms with E-state index in [1.54, 1.807) is 16.8 Å². The maximum absolute atomic E-state index is 14.3. The topological polar surface area (TPSA) is 87.4 Å². The Bertz CT molecular complexity index is 863. The van der Waals surface area contributed by atoms with E-state index in [4.69, 9.17) is 5.11 Å². The molecule has 1 amide bonds. The normalized spacial score (nSPS) is 23.8. The van der Waals surface area contributed by atoms with Crippen molar-refractivity contribution < 1.29 is 23.8 Å². The summed E-state index contributed by atoms with van der Waals surface area (Å²) in [5.74, 6) is -1.63. The molecule has 4 rings (SSSR count). The molecule has 138 valence electrons. The molecule has 8 heteroatoms. The molecule has 1 aliphatic heterocycles. The van der Waals surface area contributed by atoms with Crippen LogP contribution in [0.3, 0.4) is 0 Å². The molecule has 1 saturated carbocycles. The summed E-state index contributed by atoms with van der Waals surface area (Å²) in [7, 11) is 0. The summed E-state index contributed by atoms with van der Waals surface area (Å²) in [4.78, 5) is 15.5. The lowest BCUT2D eigenvalue weighted by atomic mass is 9.92. The smallest absolute Gasteiger partial charge is 0.405 e. The first-order valence-corrected chi connectivity index (χ1v) is 8.61. The van der Waals surface area contributed by atoms with Crippen LogP contribution < -0.4 is 5.32 Å². The Morgan fingerprint density at radius 3 is 2.77 bits per heavy atom. The fraction of sp³-hybridized carbons (Fsp3) is 0.444. The SMILES string of the molecule is O=C(O)N[C@@H]1CC[C@@H](c2cccc(F)c2F)Cn2c(C3(O)CC3)cnc21. The fourth-order valence-electron chi connectivity index (χ4n) is 3.79. The van der Waals surface area contributed by atoms with Crippen LogP contribution in [-0.4, -0.2) is 25.9 Å². The van der Waals surface area contributed by atoms with Gasteiger partial charge in [0.2, 0.25) is 0 Å². The third-order valence-electron chi connectivity index (χ3n) is 5.32. The Hall–Kier alpha value is -2.48. The summed E-state index contributed by atoms with van der Waals surface area (Å²) in [5, 5.41) is 22.1. The van der Waals surface area contributed by atoms with Gasteiger partial charge in [0.05, 0.1) is 17.9 Å². The molecule has 0 radical (unpaired) electrons. The van der Waals surface area contributed by atoms with Crippen molar-refractivity contribution in [2.45, 2.75) is 49.8 Å². The second-order valence-electron chi connectivity index (χ2n) is 7.06. The van der Waals surface area contributed by atoms with E-state index < -0.39 is 29.4 Å². The number of nitrogens with zero attached hydrogens (tertiary/aromatic N) is 2. The molecule has 2 aliphatic rings. The van der Waals surface area contributed by atoms with Crippen molar-refractivity contribution in [1.82, 2.24) is 14.9 Å². The largest absolute Gasteiger partial charge is 0.465 e. The second-order valence-corrected chi connectivity index (χ2v) is 7.06. The molecule has 0 spiro atoms. The van der Waals surface area contributed by atoms with Crippen LogP contribution in [0.25, 0.3) is 0 Å². The number of benzene rings is 1. The first-order valence-electron chi connectivity index (χ1n) is 8.61. The van der Waals surface area contributed by atoms with E-state index in [1.165, 1.54) is 6.07 Å². The molecule has 1 aromatic heterocycles. The van der Waals surface area contributed by atoms with Crippen molar-refractivity contribution in [3.8, 4) is 0 Å². The summed E-state index contributed by atoms with van der Waals surface area (Å²) in [5.41, 5.74) is -0.100. The molecule has 0 unspecified atom stereocenters. The van der Waals surface area contributed by atoms with Gasteiger partial charge >= 0.3 is 6.09 Å². The minimum absolute atomic E-state index is 0.259. The van der Waals surface area contributed by atoms with Gasteiger partial charge in [0.1, 0.15) is 11.4 Å². The number of halogens is 2. The van der Waals surface area contributed by atoms with Crippen molar-refractivity contribution >= 4 is 6.09 Å². The maximum atomic E-state index is 14.3. The standard InChI is InChI=1S/C18H19F2N3O3/c19-12-3-1-2-11(15(12)20)10-4-5-13(22-17(24)25)16-21-8-14(23(16)9-10)18(26)6-7-18/h1-3,8,10,13,22,26H,4-7,9H2,(H,24,25)/t10-,13-/m1/s1. The van der Waals surface area contributed by atoms with Crippen LogP contribution in [-0.2, 0) is 12.1 Å². The highest BCUT2D eigenvalue weighted by Crippen LogP contribution is 2.47. The van der Waals surface area contributed by atoms with Crippen molar-refractivity contribution in [2.24, 2.45) is 0 Å². The third kappa shape index (κ3) is 2.84. The highest BCUT2D eigenvalue weighted by atomic mass is 19.2. The van der Waals surface area contributed by atoms with E-state index in [2.05, 4.69) is 10.3 Å². The van der Waals surface area contributed by atoms with E-state index >= 15 is 0 Å². The number of rotatable bonds is 3. The minimum Gasteiger partial charge on any atom is -0.465 e. The molecule has 26 heavy (non-hydrogen) atoms. The predicted molar refractivity (Wildman–Crippen MR) is 87.6 cm³/mol. The Labute approximate surface area is 148 Å². The summed E-state index contributed by atoms with van der Waals surface area (Å²) in [6.45, 7) is 0.311. The molecule has 3 N–H and O–H groups in total. The number of aliphatic hydroxyl groups is 1. The van der Waals surface area contributed by atoms with Gasteiger partial charge in [-0.25, -0.2) is 18.6 Å².